The molecule has 1 N–H and O–H groups in total. The van der Waals surface area contributed by atoms with E-state index in [2.05, 4.69) is 10.4 Å². The Morgan fingerprint density at radius 2 is 1.87 bits per heavy atom. The van der Waals surface area contributed by atoms with Crippen LogP contribution in [0.25, 0.3) is 5.69 Å². The molecule has 0 aliphatic heterocycles. The highest BCUT2D eigenvalue weighted by molar-refractivity contribution is 5.93. The normalized spacial score (nSPS) is 10.3. The van der Waals surface area contributed by atoms with Gasteiger partial charge in [0.05, 0.1) is 24.6 Å². The van der Waals surface area contributed by atoms with E-state index < -0.39 is 0 Å². The molecule has 0 bridgehead atoms. The van der Waals surface area contributed by atoms with Gasteiger partial charge in [-0.3, -0.25) is 4.79 Å². The van der Waals surface area contributed by atoms with Crippen LogP contribution < -0.4 is 10.1 Å². The van der Waals surface area contributed by atoms with Crippen molar-refractivity contribution in [1.29, 1.82) is 0 Å². The van der Waals surface area contributed by atoms with Gasteiger partial charge >= 0.3 is 0 Å². The van der Waals surface area contributed by atoms with E-state index in [0.29, 0.717) is 12.1 Å². The van der Waals surface area contributed by atoms with Gasteiger partial charge in [0.1, 0.15) is 5.75 Å². The monoisotopic (exact) mass is 307 g/mol. The van der Waals surface area contributed by atoms with E-state index in [9.17, 15) is 4.79 Å². The van der Waals surface area contributed by atoms with Gasteiger partial charge < -0.3 is 10.1 Å². The Labute approximate surface area is 134 Å². The van der Waals surface area contributed by atoms with Crippen LogP contribution >= 0.6 is 0 Å². The number of para-hydroxylation sites is 2. The van der Waals surface area contributed by atoms with E-state index in [1.165, 1.54) is 0 Å². The summed E-state index contributed by atoms with van der Waals surface area (Å²) in [5.41, 5.74) is 2.36. The number of amides is 1. The number of methoxy groups -OCH3 is 1. The van der Waals surface area contributed by atoms with Crippen LogP contribution in [0.1, 0.15) is 15.9 Å². The van der Waals surface area contributed by atoms with Gasteiger partial charge in [0, 0.05) is 18.3 Å². The lowest BCUT2D eigenvalue weighted by Crippen LogP contribution is -2.22. The summed E-state index contributed by atoms with van der Waals surface area (Å²) in [4.78, 5) is 12.3. The van der Waals surface area contributed by atoms with Crippen molar-refractivity contribution in [2.75, 3.05) is 7.11 Å². The first-order chi connectivity index (χ1) is 11.3. The third-order valence-corrected chi connectivity index (χ3v) is 3.50. The number of nitrogens with one attached hydrogen (secondary N) is 1. The number of hydrogen-bond donors (Lipinski definition) is 1. The number of carbonyl (C=O) groups is 1. The molecule has 3 rings (SSSR count). The number of carbonyl (C=O) groups excluding carboxylic acids is 1. The van der Waals surface area contributed by atoms with E-state index >= 15 is 0 Å². The third-order valence-electron chi connectivity index (χ3n) is 3.50. The zero-order valence-electron chi connectivity index (χ0n) is 12.8. The van der Waals surface area contributed by atoms with Gasteiger partial charge in [0.2, 0.25) is 0 Å². The molecule has 23 heavy (non-hydrogen) atoms. The molecular formula is C18H17N3O2. The van der Waals surface area contributed by atoms with Crippen LogP contribution in [-0.2, 0) is 6.54 Å². The molecule has 2 aromatic carbocycles. The van der Waals surface area contributed by atoms with Gasteiger partial charge in [-0.2, -0.15) is 5.10 Å². The molecule has 0 radical (unpaired) electrons. The summed E-state index contributed by atoms with van der Waals surface area (Å²) in [7, 11) is 1.62. The smallest absolute Gasteiger partial charge is 0.254 e. The molecule has 5 heteroatoms. The fourth-order valence-corrected chi connectivity index (χ4v) is 2.29. The van der Waals surface area contributed by atoms with E-state index in [1.807, 2.05) is 54.6 Å². The van der Waals surface area contributed by atoms with Gasteiger partial charge in [-0.1, -0.05) is 36.4 Å². The maximum absolute atomic E-state index is 12.3. The number of aromatic nitrogens is 2. The van der Waals surface area contributed by atoms with Crippen LogP contribution in [0, 0.1) is 0 Å². The lowest BCUT2D eigenvalue weighted by molar-refractivity contribution is 0.0950. The molecule has 3 aromatic rings. The number of hydrogen-bond acceptors (Lipinski definition) is 3. The van der Waals surface area contributed by atoms with Gasteiger partial charge in [0.25, 0.3) is 5.91 Å². The van der Waals surface area contributed by atoms with Crippen LogP contribution in [0.4, 0.5) is 0 Å². The number of ether oxygens (including phenoxy) is 1. The molecule has 1 amide bonds. The topological polar surface area (TPSA) is 56.1 Å². The molecule has 5 nitrogen and oxygen atoms in total. The zero-order chi connectivity index (χ0) is 16.1. The van der Waals surface area contributed by atoms with Crippen LogP contribution in [0.3, 0.4) is 0 Å². The highest BCUT2D eigenvalue weighted by Gasteiger charge is 2.10. The maximum Gasteiger partial charge on any atom is 0.254 e. The van der Waals surface area contributed by atoms with Crippen LogP contribution in [-0.4, -0.2) is 22.8 Å². The number of rotatable bonds is 5. The number of nitrogens with zero attached hydrogens (tertiary/aromatic N) is 2. The fourth-order valence-electron chi connectivity index (χ4n) is 2.29. The molecule has 0 unspecified atom stereocenters. The average Bonchev–Trinajstić information content (AvgIpc) is 3.11. The van der Waals surface area contributed by atoms with Gasteiger partial charge in [-0.05, 0) is 18.2 Å². The summed E-state index contributed by atoms with van der Waals surface area (Å²) in [6.45, 7) is 0.402. The van der Waals surface area contributed by atoms with Crippen molar-refractivity contribution in [3.63, 3.8) is 0 Å². The van der Waals surface area contributed by atoms with Crippen LogP contribution in [0.5, 0.6) is 5.75 Å². The predicted molar refractivity (Wildman–Crippen MR) is 87.7 cm³/mol. The first kappa shape index (κ1) is 14.8. The Morgan fingerprint density at radius 3 is 2.65 bits per heavy atom. The molecule has 0 aliphatic rings. The van der Waals surface area contributed by atoms with Crippen molar-refractivity contribution in [3.05, 3.63) is 78.1 Å². The second-order valence-electron chi connectivity index (χ2n) is 5.00. The summed E-state index contributed by atoms with van der Waals surface area (Å²) < 4.78 is 6.96. The maximum atomic E-state index is 12.3. The lowest BCUT2D eigenvalue weighted by Gasteiger charge is -2.08. The summed E-state index contributed by atoms with van der Waals surface area (Å²) in [5, 5.41) is 7.11. The fraction of sp³-hybridized carbons (Fsp3) is 0.111. The average molecular weight is 307 g/mol. The Balaban J connectivity index is 1.68. The summed E-state index contributed by atoms with van der Waals surface area (Å²) in [5.74, 6) is 0.589. The van der Waals surface area contributed by atoms with E-state index in [0.717, 1.165) is 17.0 Å². The van der Waals surface area contributed by atoms with E-state index in [1.54, 1.807) is 24.2 Å². The molecular weight excluding hydrogens is 290 g/mol. The van der Waals surface area contributed by atoms with Crippen molar-refractivity contribution in [2.24, 2.45) is 0 Å². The first-order valence-electron chi connectivity index (χ1n) is 7.28. The molecule has 1 heterocycles. The SMILES string of the molecule is COc1ccccc1CNC(=O)c1cnn(-c2ccccc2)c1. The lowest BCUT2D eigenvalue weighted by atomic mass is 10.2. The third kappa shape index (κ3) is 3.40. The molecule has 0 saturated carbocycles. The largest absolute Gasteiger partial charge is 0.496 e. The molecule has 0 spiro atoms. The van der Waals surface area contributed by atoms with Gasteiger partial charge in [0.15, 0.2) is 0 Å². The summed E-state index contributed by atoms with van der Waals surface area (Å²) in [6, 6.07) is 17.3. The highest BCUT2D eigenvalue weighted by atomic mass is 16.5. The molecule has 0 aliphatic carbocycles. The minimum atomic E-state index is -0.168. The predicted octanol–water partition coefficient (Wildman–Crippen LogP) is 2.81. The van der Waals surface area contributed by atoms with Crippen molar-refractivity contribution in [3.8, 4) is 11.4 Å². The van der Waals surface area contributed by atoms with Crippen molar-refractivity contribution < 1.29 is 9.53 Å². The molecule has 116 valence electrons. The Hall–Kier alpha value is -3.08. The van der Waals surface area contributed by atoms with Gasteiger partial charge in [-0.25, -0.2) is 4.68 Å². The Kier molecular flexibility index (Phi) is 4.38. The summed E-state index contributed by atoms with van der Waals surface area (Å²) in [6.07, 6.45) is 3.28. The molecule has 0 fully saturated rings. The Bertz CT molecular complexity index is 797. The van der Waals surface area contributed by atoms with E-state index in [4.69, 9.17) is 4.74 Å². The van der Waals surface area contributed by atoms with Crippen molar-refractivity contribution in [2.45, 2.75) is 6.54 Å². The quantitative estimate of drug-likeness (QED) is 0.788. The minimum Gasteiger partial charge on any atom is -0.496 e. The van der Waals surface area contributed by atoms with Gasteiger partial charge in [-0.15, -0.1) is 0 Å². The van der Waals surface area contributed by atoms with Crippen molar-refractivity contribution in [1.82, 2.24) is 15.1 Å². The van der Waals surface area contributed by atoms with E-state index in [-0.39, 0.29) is 5.91 Å². The second-order valence-corrected chi connectivity index (χ2v) is 5.00. The zero-order valence-corrected chi connectivity index (χ0v) is 12.8. The first-order valence-corrected chi connectivity index (χ1v) is 7.28. The standard InChI is InChI=1S/C18H17N3O2/c1-23-17-10-6-5-7-14(17)11-19-18(22)15-12-20-21(13-15)16-8-3-2-4-9-16/h2-10,12-13H,11H2,1H3,(H,19,22). The van der Waals surface area contributed by atoms with Crippen LogP contribution in [0.2, 0.25) is 0 Å². The molecule has 1 aromatic heterocycles. The number of benzene rings is 2. The Morgan fingerprint density at radius 1 is 1.13 bits per heavy atom. The molecule has 0 saturated heterocycles. The second kappa shape index (κ2) is 6.79. The highest BCUT2D eigenvalue weighted by Crippen LogP contribution is 2.17. The van der Waals surface area contributed by atoms with Crippen molar-refractivity contribution >= 4 is 5.91 Å². The van der Waals surface area contributed by atoms with Crippen LogP contribution in [0.15, 0.2) is 67.0 Å². The molecule has 0 atom stereocenters. The minimum absolute atomic E-state index is 0.168. The summed E-state index contributed by atoms with van der Waals surface area (Å²) >= 11 is 0.